The number of anilines is 2. The van der Waals surface area contributed by atoms with Gasteiger partial charge in [0.1, 0.15) is 18.4 Å². The van der Waals surface area contributed by atoms with Crippen LogP contribution >= 0.6 is 11.3 Å². The number of amides is 1. The topological polar surface area (TPSA) is 84.9 Å². The Labute approximate surface area is 272 Å². The number of rotatable bonds is 14. The summed E-state index contributed by atoms with van der Waals surface area (Å²) in [5, 5.41) is 7.19. The van der Waals surface area contributed by atoms with Crippen LogP contribution in [0, 0.1) is 0 Å². The standard InChI is InChI=1S/C38H34N2O5S/c1-44-38(43)35(39-34-15-9-8-14-33(34)37(42)30-10-4-2-5-11-30)26-28-16-19-32(20-17-28)45-24-23-40(31-12-6-3-7-13-31)36(41)21-18-29-22-25-46-27-29/h2-22,25,27,35,39H,23-24,26H2,1H3/b21-18+/t35-/m0/s1. The van der Waals surface area contributed by atoms with Gasteiger partial charge in [-0.3, -0.25) is 9.59 Å². The number of para-hydroxylation sites is 2. The van der Waals surface area contributed by atoms with Crippen molar-refractivity contribution >= 4 is 46.4 Å². The van der Waals surface area contributed by atoms with E-state index in [0.717, 1.165) is 16.8 Å². The Morgan fingerprint density at radius 1 is 0.848 bits per heavy atom. The van der Waals surface area contributed by atoms with E-state index in [1.165, 1.54) is 7.11 Å². The summed E-state index contributed by atoms with van der Waals surface area (Å²) in [6, 6.07) is 34.3. The number of ketones is 1. The molecule has 0 radical (unpaired) electrons. The molecule has 1 amide bonds. The number of methoxy groups -OCH3 is 1. The zero-order chi connectivity index (χ0) is 32.1. The lowest BCUT2D eigenvalue weighted by molar-refractivity contribution is -0.141. The minimum absolute atomic E-state index is 0.134. The van der Waals surface area contributed by atoms with Gasteiger partial charge in [0.2, 0.25) is 0 Å². The van der Waals surface area contributed by atoms with E-state index in [1.54, 1.807) is 52.6 Å². The van der Waals surface area contributed by atoms with Crippen LogP contribution in [0.15, 0.2) is 132 Å². The number of nitrogens with zero attached hydrogens (tertiary/aromatic N) is 1. The fourth-order valence-corrected chi connectivity index (χ4v) is 5.52. The highest BCUT2D eigenvalue weighted by Gasteiger charge is 2.23. The molecule has 4 aromatic carbocycles. The Morgan fingerprint density at radius 3 is 2.24 bits per heavy atom. The molecule has 8 heteroatoms. The molecule has 0 unspecified atom stereocenters. The SMILES string of the molecule is COC(=O)[C@H](Cc1ccc(OCCN(C(=O)/C=C/c2ccsc2)c2ccccc2)cc1)Nc1ccccc1C(=O)c1ccccc1. The van der Waals surface area contributed by atoms with Crippen LogP contribution in [-0.2, 0) is 20.7 Å². The number of benzene rings is 4. The van der Waals surface area contributed by atoms with Crippen LogP contribution in [0.1, 0.15) is 27.0 Å². The molecule has 0 aliphatic rings. The molecule has 1 aromatic heterocycles. The second-order valence-corrected chi connectivity index (χ2v) is 11.2. The van der Waals surface area contributed by atoms with Gasteiger partial charge in [0.25, 0.3) is 5.91 Å². The molecule has 1 heterocycles. The van der Waals surface area contributed by atoms with Gasteiger partial charge in [-0.25, -0.2) is 4.79 Å². The van der Waals surface area contributed by atoms with Crippen LogP contribution in [0.5, 0.6) is 5.75 Å². The number of esters is 1. The van der Waals surface area contributed by atoms with Crippen molar-refractivity contribution in [2.24, 2.45) is 0 Å². The fourth-order valence-electron chi connectivity index (χ4n) is 4.89. The number of thiophene rings is 1. The first-order valence-corrected chi connectivity index (χ1v) is 15.8. The van der Waals surface area contributed by atoms with Crippen LogP contribution in [0.3, 0.4) is 0 Å². The Kier molecular flexibility index (Phi) is 11.1. The average molecular weight is 631 g/mol. The van der Waals surface area contributed by atoms with Gasteiger partial charge in [-0.15, -0.1) is 0 Å². The van der Waals surface area contributed by atoms with Crippen LogP contribution in [0.25, 0.3) is 6.08 Å². The van der Waals surface area contributed by atoms with Crippen molar-refractivity contribution in [3.8, 4) is 5.75 Å². The summed E-state index contributed by atoms with van der Waals surface area (Å²) >= 11 is 1.58. The first-order valence-electron chi connectivity index (χ1n) is 14.8. The number of hydrogen-bond donors (Lipinski definition) is 1. The highest BCUT2D eigenvalue weighted by atomic mass is 32.1. The minimum atomic E-state index is -0.728. The van der Waals surface area contributed by atoms with E-state index >= 15 is 0 Å². The van der Waals surface area contributed by atoms with Crippen LogP contribution < -0.4 is 15.0 Å². The largest absolute Gasteiger partial charge is 0.492 e. The third-order valence-electron chi connectivity index (χ3n) is 7.27. The molecule has 1 atom stereocenters. The molecule has 5 rings (SSSR count). The van der Waals surface area contributed by atoms with Crippen molar-refractivity contribution in [3.05, 3.63) is 154 Å². The second-order valence-electron chi connectivity index (χ2n) is 10.4. The number of nitrogens with one attached hydrogen (secondary N) is 1. The lowest BCUT2D eigenvalue weighted by Crippen LogP contribution is -2.33. The monoisotopic (exact) mass is 630 g/mol. The van der Waals surface area contributed by atoms with Crippen molar-refractivity contribution in [3.63, 3.8) is 0 Å². The molecule has 232 valence electrons. The summed E-state index contributed by atoms with van der Waals surface area (Å²) < 4.78 is 11.1. The summed E-state index contributed by atoms with van der Waals surface area (Å²) in [6.07, 6.45) is 3.71. The van der Waals surface area contributed by atoms with E-state index in [2.05, 4.69) is 5.32 Å². The van der Waals surface area contributed by atoms with E-state index in [9.17, 15) is 14.4 Å². The van der Waals surface area contributed by atoms with Gasteiger partial charge < -0.3 is 19.7 Å². The summed E-state index contributed by atoms with van der Waals surface area (Å²) in [5.74, 6) is -0.0787. The van der Waals surface area contributed by atoms with Crippen molar-refractivity contribution in [2.75, 3.05) is 30.5 Å². The Bertz CT molecular complexity index is 1750. The van der Waals surface area contributed by atoms with Crippen molar-refractivity contribution in [1.29, 1.82) is 0 Å². The van der Waals surface area contributed by atoms with Crippen molar-refractivity contribution in [1.82, 2.24) is 0 Å². The van der Waals surface area contributed by atoms with Crippen LogP contribution in [0.2, 0.25) is 0 Å². The summed E-state index contributed by atoms with van der Waals surface area (Å²) in [4.78, 5) is 40.8. The molecule has 0 fully saturated rings. The average Bonchev–Trinajstić information content (AvgIpc) is 3.64. The quantitative estimate of drug-likeness (QED) is 0.0788. The highest BCUT2D eigenvalue weighted by molar-refractivity contribution is 7.08. The Hall–Kier alpha value is -5.47. The number of ether oxygens (including phenoxy) is 2. The molecule has 0 saturated carbocycles. The van der Waals surface area contributed by atoms with Crippen molar-refractivity contribution in [2.45, 2.75) is 12.5 Å². The number of carbonyl (C=O) groups excluding carboxylic acids is 3. The van der Waals surface area contributed by atoms with Gasteiger partial charge in [0, 0.05) is 35.0 Å². The maximum absolute atomic E-state index is 13.2. The first kappa shape index (κ1) is 31.9. The maximum Gasteiger partial charge on any atom is 0.328 e. The summed E-state index contributed by atoms with van der Waals surface area (Å²) in [7, 11) is 1.34. The molecule has 46 heavy (non-hydrogen) atoms. The van der Waals surface area contributed by atoms with Crippen LogP contribution in [0.4, 0.5) is 11.4 Å². The Morgan fingerprint density at radius 2 is 1.54 bits per heavy atom. The van der Waals surface area contributed by atoms with Gasteiger partial charge >= 0.3 is 5.97 Å². The van der Waals surface area contributed by atoms with Gasteiger partial charge in [0.15, 0.2) is 5.78 Å². The van der Waals surface area contributed by atoms with E-state index in [-0.39, 0.29) is 18.3 Å². The normalized spacial score (nSPS) is 11.5. The van der Waals surface area contributed by atoms with Crippen molar-refractivity contribution < 1.29 is 23.9 Å². The molecule has 0 spiro atoms. The molecule has 7 nitrogen and oxygen atoms in total. The zero-order valence-corrected chi connectivity index (χ0v) is 26.2. The highest BCUT2D eigenvalue weighted by Crippen LogP contribution is 2.23. The fraction of sp³-hybridized carbons (Fsp3) is 0.132. The first-order chi connectivity index (χ1) is 22.5. The molecule has 0 aliphatic heterocycles. The minimum Gasteiger partial charge on any atom is -0.492 e. The van der Waals surface area contributed by atoms with E-state index in [1.807, 2.05) is 102 Å². The van der Waals surface area contributed by atoms with Gasteiger partial charge in [-0.1, -0.05) is 72.8 Å². The third-order valence-corrected chi connectivity index (χ3v) is 7.97. The maximum atomic E-state index is 13.2. The van der Waals surface area contributed by atoms with E-state index in [0.29, 0.717) is 35.5 Å². The zero-order valence-electron chi connectivity index (χ0n) is 25.4. The lowest BCUT2D eigenvalue weighted by Gasteiger charge is -2.22. The van der Waals surface area contributed by atoms with Gasteiger partial charge in [-0.2, -0.15) is 11.3 Å². The predicted molar refractivity (Wildman–Crippen MR) is 184 cm³/mol. The van der Waals surface area contributed by atoms with E-state index < -0.39 is 12.0 Å². The number of hydrogen-bond acceptors (Lipinski definition) is 7. The third kappa shape index (κ3) is 8.58. The Balaban J connectivity index is 1.22. The van der Waals surface area contributed by atoms with Gasteiger partial charge in [-0.05, 0) is 70.4 Å². The lowest BCUT2D eigenvalue weighted by atomic mass is 10.00. The molecule has 5 aromatic rings. The predicted octanol–water partition coefficient (Wildman–Crippen LogP) is 7.30. The second kappa shape index (κ2) is 16.0. The number of carbonyl (C=O) groups is 3. The molecular formula is C38H34N2O5S. The summed E-state index contributed by atoms with van der Waals surface area (Å²) in [6.45, 7) is 0.638. The molecule has 1 N–H and O–H groups in total. The van der Waals surface area contributed by atoms with E-state index in [4.69, 9.17) is 9.47 Å². The van der Waals surface area contributed by atoms with Crippen LogP contribution in [-0.4, -0.2) is 44.0 Å². The molecule has 0 aliphatic carbocycles. The molecular weight excluding hydrogens is 596 g/mol. The molecule has 0 saturated heterocycles. The smallest absolute Gasteiger partial charge is 0.328 e. The van der Waals surface area contributed by atoms with Gasteiger partial charge in [0.05, 0.1) is 13.7 Å². The molecule has 0 bridgehead atoms. The summed E-state index contributed by atoms with van der Waals surface area (Å²) in [5.41, 5.74) is 4.23.